The van der Waals surface area contributed by atoms with Gasteiger partial charge in [-0.2, -0.15) is 0 Å². The molecular formula is C29H37FN4O4. The zero-order valence-electron chi connectivity index (χ0n) is 21.8. The van der Waals surface area contributed by atoms with Gasteiger partial charge in [0.05, 0.1) is 17.8 Å². The zero-order valence-corrected chi connectivity index (χ0v) is 21.8. The van der Waals surface area contributed by atoms with Crippen molar-refractivity contribution in [3.63, 3.8) is 0 Å². The molecule has 8 nitrogen and oxygen atoms in total. The SMILES string of the molecule is C.CCOC(=O)c1c(N2CCN(C(=O)c3ccc(F)cc3)CC2)c2cc(C)ccc2n(CCN(C)C)c1=O. The van der Waals surface area contributed by atoms with Crippen molar-refractivity contribution in [3.8, 4) is 0 Å². The molecule has 9 heteroatoms. The van der Waals surface area contributed by atoms with Crippen LogP contribution in [-0.4, -0.2) is 79.7 Å². The number of nitrogens with zero attached hydrogens (tertiary/aromatic N) is 4. The number of fused-ring (bicyclic) bond motifs is 1. The van der Waals surface area contributed by atoms with Crippen LogP contribution in [0.1, 0.15) is 40.6 Å². The smallest absolute Gasteiger partial charge is 0.345 e. The molecule has 0 atom stereocenters. The Morgan fingerprint density at radius 1 is 1.03 bits per heavy atom. The van der Waals surface area contributed by atoms with E-state index in [-0.39, 0.29) is 31.1 Å². The quantitative estimate of drug-likeness (QED) is 0.438. The van der Waals surface area contributed by atoms with E-state index in [1.807, 2.05) is 49.0 Å². The molecule has 1 amide bonds. The summed E-state index contributed by atoms with van der Waals surface area (Å²) in [5.41, 5.74) is 2.38. The van der Waals surface area contributed by atoms with Crippen molar-refractivity contribution in [1.82, 2.24) is 14.4 Å². The largest absolute Gasteiger partial charge is 0.462 e. The lowest BCUT2D eigenvalue weighted by Crippen LogP contribution is -2.50. The number of benzene rings is 2. The molecule has 0 saturated carbocycles. The van der Waals surface area contributed by atoms with Crippen LogP contribution in [-0.2, 0) is 11.3 Å². The predicted molar refractivity (Wildman–Crippen MR) is 149 cm³/mol. The van der Waals surface area contributed by atoms with Crippen LogP contribution in [0.2, 0.25) is 0 Å². The zero-order chi connectivity index (χ0) is 26.7. The number of esters is 1. The van der Waals surface area contributed by atoms with Gasteiger partial charge < -0.3 is 24.0 Å². The highest BCUT2D eigenvalue weighted by molar-refractivity contribution is 6.06. The molecule has 204 valence electrons. The molecule has 2 aromatic carbocycles. The third kappa shape index (κ3) is 5.88. The molecule has 1 saturated heterocycles. The number of carbonyl (C=O) groups is 2. The minimum atomic E-state index is -0.644. The minimum absolute atomic E-state index is 0. The average molecular weight is 525 g/mol. The lowest BCUT2D eigenvalue weighted by molar-refractivity contribution is 0.0523. The molecule has 3 aromatic rings. The second-order valence-corrected chi connectivity index (χ2v) is 9.51. The normalized spacial score (nSPS) is 13.5. The Balaban J connectivity index is 0.00000400. The van der Waals surface area contributed by atoms with Crippen molar-refractivity contribution in [2.24, 2.45) is 0 Å². The maximum atomic E-state index is 13.8. The van der Waals surface area contributed by atoms with Gasteiger partial charge in [-0.25, -0.2) is 9.18 Å². The summed E-state index contributed by atoms with van der Waals surface area (Å²) < 4.78 is 20.3. The number of ether oxygens (including phenoxy) is 1. The van der Waals surface area contributed by atoms with Gasteiger partial charge in [-0.05, 0) is 64.3 Å². The Morgan fingerprint density at radius 3 is 2.29 bits per heavy atom. The number of halogens is 1. The molecule has 1 aromatic heterocycles. The van der Waals surface area contributed by atoms with E-state index in [1.165, 1.54) is 24.3 Å². The number of anilines is 1. The Bertz CT molecular complexity index is 1360. The molecule has 0 radical (unpaired) electrons. The van der Waals surface area contributed by atoms with E-state index in [0.717, 1.165) is 16.5 Å². The van der Waals surface area contributed by atoms with Gasteiger partial charge in [0.1, 0.15) is 11.4 Å². The highest BCUT2D eigenvalue weighted by Gasteiger charge is 2.30. The van der Waals surface area contributed by atoms with E-state index in [9.17, 15) is 18.8 Å². The van der Waals surface area contributed by atoms with Gasteiger partial charge in [0, 0.05) is 50.2 Å². The first kappa shape index (κ1) is 28.8. The van der Waals surface area contributed by atoms with Crippen molar-refractivity contribution < 1.29 is 18.7 Å². The monoisotopic (exact) mass is 524 g/mol. The molecule has 0 aliphatic carbocycles. The Kier molecular flexibility index (Phi) is 9.27. The molecule has 38 heavy (non-hydrogen) atoms. The molecule has 0 spiro atoms. The van der Waals surface area contributed by atoms with Crippen LogP contribution in [0.5, 0.6) is 0 Å². The lowest BCUT2D eigenvalue weighted by Gasteiger charge is -2.37. The fourth-order valence-corrected chi connectivity index (χ4v) is 4.70. The predicted octanol–water partition coefficient (Wildman–Crippen LogP) is 3.79. The van der Waals surface area contributed by atoms with Gasteiger partial charge >= 0.3 is 5.97 Å². The number of likely N-dealkylation sites (N-methyl/N-ethyl adjacent to an activating group) is 1. The van der Waals surface area contributed by atoms with E-state index >= 15 is 0 Å². The molecule has 2 heterocycles. The van der Waals surface area contributed by atoms with Gasteiger partial charge in [0.15, 0.2) is 0 Å². The number of hydrogen-bond acceptors (Lipinski definition) is 6. The van der Waals surface area contributed by atoms with Gasteiger partial charge in [-0.3, -0.25) is 9.59 Å². The van der Waals surface area contributed by atoms with Crippen molar-refractivity contribution in [3.05, 3.63) is 75.3 Å². The fraction of sp³-hybridized carbons (Fsp3) is 0.414. The number of piperazine rings is 1. The number of amides is 1. The third-order valence-corrected chi connectivity index (χ3v) is 6.62. The van der Waals surface area contributed by atoms with Crippen LogP contribution in [0.15, 0.2) is 47.3 Å². The second kappa shape index (κ2) is 12.2. The first-order valence-corrected chi connectivity index (χ1v) is 12.5. The van der Waals surface area contributed by atoms with Gasteiger partial charge in [0.2, 0.25) is 0 Å². The highest BCUT2D eigenvalue weighted by atomic mass is 19.1. The van der Waals surface area contributed by atoms with Crippen LogP contribution in [0.4, 0.5) is 10.1 Å². The number of hydrogen-bond donors (Lipinski definition) is 0. The average Bonchev–Trinajstić information content (AvgIpc) is 2.88. The first-order valence-electron chi connectivity index (χ1n) is 12.5. The van der Waals surface area contributed by atoms with Crippen molar-refractivity contribution in [1.29, 1.82) is 0 Å². The second-order valence-electron chi connectivity index (χ2n) is 9.51. The van der Waals surface area contributed by atoms with Crippen LogP contribution < -0.4 is 10.5 Å². The lowest BCUT2D eigenvalue weighted by atomic mass is 10.0. The summed E-state index contributed by atoms with van der Waals surface area (Å²) in [6.07, 6.45) is 0. The van der Waals surface area contributed by atoms with Crippen LogP contribution >= 0.6 is 0 Å². The Hall–Kier alpha value is -3.72. The summed E-state index contributed by atoms with van der Waals surface area (Å²) in [6, 6.07) is 11.4. The standard InChI is InChI=1S/C28H33FN4O4.CH4/c1-5-37-28(36)24-25(22-18-19(2)6-11-23(22)33(27(24)35)17-12-30(3)4)31-13-15-32(16-14-31)26(34)20-7-9-21(29)10-8-20;/h6-11,18H,5,12-17H2,1-4H3;1H4. The van der Waals surface area contributed by atoms with Crippen LogP contribution in [0.25, 0.3) is 10.9 Å². The van der Waals surface area contributed by atoms with Gasteiger partial charge in [-0.15, -0.1) is 0 Å². The topological polar surface area (TPSA) is 75.1 Å². The van der Waals surface area contributed by atoms with Crippen molar-refractivity contribution in [2.75, 3.05) is 58.3 Å². The molecule has 1 aliphatic heterocycles. The molecule has 0 N–H and O–H groups in total. The number of pyridine rings is 1. The molecular weight excluding hydrogens is 487 g/mol. The summed E-state index contributed by atoms with van der Waals surface area (Å²) >= 11 is 0. The summed E-state index contributed by atoms with van der Waals surface area (Å²) in [6.45, 7) is 6.57. The molecule has 1 fully saturated rings. The summed E-state index contributed by atoms with van der Waals surface area (Å²) in [7, 11) is 3.87. The third-order valence-electron chi connectivity index (χ3n) is 6.62. The van der Waals surface area contributed by atoms with Gasteiger partial charge in [0.25, 0.3) is 11.5 Å². The van der Waals surface area contributed by atoms with E-state index < -0.39 is 11.8 Å². The number of aryl methyl sites for hydroxylation is 1. The fourth-order valence-electron chi connectivity index (χ4n) is 4.70. The molecule has 4 rings (SSSR count). The Labute approximate surface area is 223 Å². The number of carbonyl (C=O) groups excluding carboxylic acids is 2. The maximum Gasteiger partial charge on any atom is 0.345 e. The van der Waals surface area contributed by atoms with Crippen molar-refractivity contribution in [2.45, 2.75) is 27.8 Å². The molecule has 0 unspecified atom stereocenters. The molecule has 1 aliphatic rings. The first-order chi connectivity index (χ1) is 17.7. The summed E-state index contributed by atoms with van der Waals surface area (Å²) in [4.78, 5) is 45.6. The number of rotatable bonds is 7. The number of aromatic nitrogens is 1. The van der Waals surface area contributed by atoms with E-state index in [4.69, 9.17) is 4.74 Å². The van der Waals surface area contributed by atoms with Crippen LogP contribution in [0, 0.1) is 12.7 Å². The Morgan fingerprint density at radius 2 is 1.68 bits per heavy atom. The minimum Gasteiger partial charge on any atom is -0.462 e. The summed E-state index contributed by atoms with van der Waals surface area (Å²) in [5, 5.41) is 0.805. The van der Waals surface area contributed by atoms with Gasteiger partial charge in [-0.1, -0.05) is 19.1 Å². The van der Waals surface area contributed by atoms with Crippen molar-refractivity contribution >= 4 is 28.5 Å². The molecule has 0 bridgehead atoms. The van der Waals surface area contributed by atoms with Crippen LogP contribution in [0.3, 0.4) is 0 Å². The highest BCUT2D eigenvalue weighted by Crippen LogP contribution is 2.31. The maximum absolute atomic E-state index is 13.8. The van der Waals surface area contributed by atoms with E-state index in [1.54, 1.807) is 16.4 Å². The van der Waals surface area contributed by atoms with E-state index in [2.05, 4.69) is 0 Å². The van der Waals surface area contributed by atoms with E-state index in [0.29, 0.717) is 50.5 Å². The summed E-state index contributed by atoms with van der Waals surface area (Å²) in [5.74, 6) is -1.21.